The van der Waals surface area contributed by atoms with E-state index < -0.39 is 0 Å². The first-order valence-corrected chi connectivity index (χ1v) is 3.06. The van der Waals surface area contributed by atoms with Crippen LogP contribution in [0.15, 0.2) is 23.3 Å². The van der Waals surface area contributed by atoms with E-state index in [1.165, 1.54) is 17.7 Å². The predicted molar refractivity (Wildman–Crippen MR) is 39.4 cm³/mol. The first-order valence-electron chi connectivity index (χ1n) is 2.62. The van der Waals surface area contributed by atoms with Crippen molar-refractivity contribution < 1.29 is 4.79 Å². The van der Waals surface area contributed by atoms with Gasteiger partial charge in [-0.2, -0.15) is 0 Å². The van der Waals surface area contributed by atoms with Crippen LogP contribution in [0.25, 0.3) is 0 Å². The Morgan fingerprint density at radius 2 is 2.00 bits per heavy atom. The molecule has 0 aromatic rings. The molecule has 0 spiro atoms. The van der Waals surface area contributed by atoms with E-state index in [1.54, 1.807) is 0 Å². The van der Waals surface area contributed by atoms with Crippen molar-refractivity contribution in [1.29, 1.82) is 0 Å². The SMILES string of the molecule is CC(C)=CC(=O)/C=C/Cl. The van der Waals surface area contributed by atoms with Gasteiger partial charge in [0, 0.05) is 5.54 Å². The summed E-state index contributed by atoms with van der Waals surface area (Å²) >= 11 is 5.15. The normalized spacial score (nSPS) is 9.67. The van der Waals surface area contributed by atoms with Crippen molar-refractivity contribution in [3.63, 3.8) is 0 Å². The summed E-state index contributed by atoms with van der Waals surface area (Å²) in [6, 6.07) is 0. The Morgan fingerprint density at radius 3 is 2.33 bits per heavy atom. The fourth-order valence-corrected chi connectivity index (χ4v) is 0.519. The molecule has 0 aliphatic rings. The second-order valence-corrected chi connectivity index (χ2v) is 2.17. The lowest BCUT2D eigenvalue weighted by Crippen LogP contribution is -1.84. The molecular weight excluding hydrogens is 136 g/mol. The summed E-state index contributed by atoms with van der Waals surface area (Å²) in [6.45, 7) is 3.72. The highest BCUT2D eigenvalue weighted by Crippen LogP contribution is 1.90. The van der Waals surface area contributed by atoms with Gasteiger partial charge in [0.1, 0.15) is 0 Å². The van der Waals surface area contributed by atoms with Gasteiger partial charge in [0.2, 0.25) is 0 Å². The molecule has 0 aromatic heterocycles. The fourth-order valence-electron chi connectivity index (χ4n) is 0.395. The summed E-state index contributed by atoms with van der Waals surface area (Å²) in [7, 11) is 0. The molecule has 0 N–H and O–H groups in total. The second kappa shape index (κ2) is 4.33. The summed E-state index contributed by atoms with van der Waals surface area (Å²) < 4.78 is 0. The number of allylic oxidation sites excluding steroid dienone is 3. The molecule has 50 valence electrons. The average molecular weight is 145 g/mol. The number of hydrogen-bond donors (Lipinski definition) is 0. The molecule has 0 radical (unpaired) electrons. The van der Waals surface area contributed by atoms with Gasteiger partial charge in [-0.3, -0.25) is 4.79 Å². The van der Waals surface area contributed by atoms with Gasteiger partial charge in [0.15, 0.2) is 5.78 Å². The van der Waals surface area contributed by atoms with Crippen molar-refractivity contribution in [3.8, 4) is 0 Å². The molecule has 0 saturated carbocycles. The summed E-state index contributed by atoms with van der Waals surface area (Å²) in [4.78, 5) is 10.6. The highest BCUT2D eigenvalue weighted by atomic mass is 35.5. The van der Waals surface area contributed by atoms with E-state index in [0.717, 1.165) is 5.57 Å². The third-order valence-electron chi connectivity index (χ3n) is 0.658. The molecule has 0 atom stereocenters. The van der Waals surface area contributed by atoms with Crippen LogP contribution in [-0.4, -0.2) is 5.78 Å². The van der Waals surface area contributed by atoms with E-state index in [2.05, 4.69) is 0 Å². The first-order chi connectivity index (χ1) is 4.16. The van der Waals surface area contributed by atoms with Crippen molar-refractivity contribution in [2.24, 2.45) is 0 Å². The molecule has 0 unspecified atom stereocenters. The van der Waals surface area contributed by atoms with Crippen LogP contribution in [0.3, 0.4) is 0 Å². The zero-order valence-corrected chi connectivity index (χ0v) is 6.27. The topological polar surface area (TPSA) is 17.1 Å². The van der Waals surface area contributed by atoms with Crippen molar-refractivity contribution in [2.75, 3.05) is 0 Å². The number of hydrogen-bond acceptors (Lipinski definition) is 1. The maximum Gasteiger partial charge on any atom is 0.179 e. The molecule has 0 fully saturated rings. The van der Waals surface area contributed by atoms with E-state index in [0.29, 0.717) is 0 Å². The predicted octanol–water partition coefficient (Wildman–Crippen LogP) is 2.27. The van der Waals surface area contributed by atoms with Gasteiger partial charge < -0.3 is 0 Å². The molecule has 2 heteroatoms. The molecule has 0 aliphatic heterocycles. The van der Waals surface area contributed by atoms with Crippen LogP contribution in [0, 0.1) is 0 Å². The molecule has 0 bridgehead atoms. The van der Waals surface area contributed by atoms with Crippen molar-refractivity contribution in [1.82, 2.24) is 0 Å². The Morgan fingerprint density at radius 1 is 1.44 bits per heavy atom. The van der Waals surface area contributed by atoms with Gasteiger partial charge in [-0.05, 0) is 26.0 Å². The summed E-state index contributed by atoms with van der Waals surface area (Å²) in [5.74, 6) is -0.0648. The van der Waals surface area contributed by atoms with Gasteiger partial charge in [-0.1, -0.05) is 17.2 Å². The van der Waals surface area contributed by atoms with Gasteiger partial charge in [-0.25, -0.2) is 0 Å². The van der Waals surface area contributed by atoms with Gasteiger partial charge in [-0.15, -0.1) is 0 Å². The Kier molecular flexibility index (Phi) is 4.06. The van der Waals surface area contributed by atoms with E-state index in [-0.39, 0.29) is 5.78 Å². The number of halogens is 1. The number of carbonyl (C=O) groups excluding carboxylic acids is 1. The Labute approximate surface area is 60.0 Å². The molecule has 0 amide bonds. The minimum atomic E-state index is -0.0648. The van der Waals surface area contributed by atoms with Crippen LogP contribution >= 0.6 is 11.6 Å². The minimum Gasteiger partial charge on any atom is -0.290 e. The smallest absolute Gasteiger partial charge is 0.179 e. The van der Waals surface area contributed by atoms with Crippen molar-refractivity contribution >= 4 is 17.4 Å². The lowest BCUT2D eigenvalue weighted by Gasteiger charge is -1.83. The fraction of sp³-hybridized carbons (Fsp3) is 0.286. The molecule has 1 nitrogen and oxygen atoms in total. The Balaban J connectivity index is 3.93. The first kappa shape index (κ1) is 8.44. The Bertz CT molecular complexity index is 152. The number of carbonyl (C=O) groups is 1. The largest absolute Gasteiger partial charge is 0.290 e. The van der Waals surface area contributed by atoms with Crippen LogP contribution in [0.2, 0.25) is 0 Å². The highest BCUT2D eigenvalue weighted by Gasteiger charge is 1.86. The molecule has 0 aromatic carbocycles. The Hall–Kier alpha value is -0.560. The van der Waals surface area contributed by atoms with E-state index >= 15 is 0 Å². The maximum absolute atomic E-state index is 10.6. The quantitative estimate of drug-likeness (QED) is 0.544. The zero-order valence-electron chi connectivity index (χ0n) is 5.52. The molecular formula is C7H9ClO. The maximum atomic E-state index is 10.6. The zero-order chi connectivity index (χ0) is 7.28. The van der Waals surface area contributed by atoms with Gasteiger partial charge in [0.25, 0.3) is 0 Å². The van der Waals surface area contributed by atoms with Crippen LogP contribution < -0.4 is 0 Å². The van der Waals surface area contributed by atoms with Crippen molar-refractivity contribution in [3.05, 3.63) is 23.3 Å². The minimum absolute atomic E-state index is 0.0648. The molecule has 0 rings (SSSR count). The van der Waals surface area contributed by atoms with E-state index in [4.69, 9.17) is 11.6 Å². The van der Waals surface area contributed by atoms with E-state index in [1.807, 2.05) is 13.8 Å². The molecule has 0 heterocycles. The number of rotatable bonds is 2. The number of ketones is 1. The monoisotopic (exact) mass is 144 g/mol. The third kappa shape index (κ3) is 5.31. The highest BCUT2D eigenvalue weighted by molar-refractivity contribution is 6.27. The summed E-state index contributed by atoms with van der Waals surface area (Å²) in [5.41, 5.74) is 2.19. The van der Waals surface area contributed by atoms with Crippen molar-refractivity contribution in [2.45, 2.75) is 13.8 Å². The van der Waals surface area contributed by atoms with E-state index in [9.17, 15) is 4.79 Å². The lowest BCUT2D eigenvalue weighted by molar-refractivity contribution is -0.110. The van der Waals surface area contributed by atoms with Crippen LogP contribution in [-0.2, 0) is 4.79 Å². The molecule has 0 saturated heterocycles. The second-order valence-electron chi connectivity index (χ2n) is 1.92. The van der Waals surface area contributed by atoms with Crippen LogP contribution in [0.4, 0.5) is 0 Å². The third-order valence-corrected chi connectivity index (χ3v) is 0.784. The van der Waals surface area contributed by atoms with Gasteiger partial charge in [0.05, 0.1) is 0 Å². The van der Waals surface area contributed by atoms with Gasteiger partial charge >= 0.3 is 0 Å². The average Bonchev–Trinajstić information content (AvgIpc) is 1.63. The standard InChI is InChI=1S/C7H9ClO/c1-6(2)5-7(9)3-4-8/h3-5H,1-2H3/b4-3+. The summed E-state index contributed by atoms with van der Waals surface area (Å²) in [5, 5.41) is 0. The molecule has 0 aliphatic carbocycles. The molecule has 9 heavy (non-hydrogen) atoms. The summed E-state index contributed by atoms with van der Waals surface area (Å²) in [6.07, 6.45) is 2.84. The van der Waals surface area contributed by atoms with Crippen LogP contribution in [0.1, 0.15) is 13.8 Å². The lowest BCUT2D eigenvalue weighted by atomic mass is 10.2. The van der Waals surface area contributed by atoms with Crippen LogP contribution in [0.5, 0.6) is 0 Å².